The van der Waals surface area contributed by atoms with Crippen LogP contribution in [-0.4, -0.2) is 18.6 Å². The maximum absolute atomic E-state index is 3.78. The standard InChI is InChI=1S/C19H30N2/c1-15(2)18-14-21(17-10-5-3-4-6-11-17)19-12-8-7-9-16(19)13-20-18/h7-9,12,15,17-18,20H,3-6,10-11,13-14H2,1-2H3. The van der Waals surface area contributed by atoms with Crippen molar-refractivity contribution in [3.8, 4) is 0 Å². The van der Waals surface area contributed by atoms with Gasteiger partial charge in [0, 0.05) is 30.9 Å². The Balaban J connectivity index is 1.89. The van der Waals surface area contributed by atoms with Crippen molar-refractivity contribution in [1.82, 2.24) is 5.32 Å². The third kappa shape index (κ3) is 3.42. The molecule has 2 nitrogen and oxygen atoms in total. The number of para-hydroxylation sites is 1. The van der Waals surface area contributed by atoms with E-state index in [0.717, 1.165) is 12.6 Å². The molecule has 1 saturated carbocycles. The van der Waals surface area contributed by atoms with E-state index < -0.39 is 0 Å². The van der Waals surface area contributed by atoms with Gasteiger partial charge in [0.15, 0.2) is 0 Å². The maximum Gasteiger partial charge on any atom is 0.0414 e. The second kappa shape index (κ2) is 6.83. The molecule has 1 aromatic rings. The molecule has 2 aliphatic rings. The molecule has 0 aromatic heterocycles. The van der Waals surface area contributed by atoms with Crippen LogP contribution >= 0.6 is 0 Å². The molecule has 0 spiro atoms. The van der Waals surface area contributed by atoms with Crippen LogP contribution in [0.1, 0.15) is 57.9 Å². The fourth-order valence-electron chi connectivity index (χ4n) is 3.92. The Morgan fingerprint density at radius 2 is 1.76 bits per heavy atom. The monoisotopic (exact) mass is 286 g/mol. The smallest absolute Gasteiger partial charge is 0.0414 e. The van der Waals surface area contributed by atoms with Gasteiger partial charge in [-0.15, -0.1) is 0 Å². The molecule has 1 aliphatic carbocycles. The van der Waals surface area contributed by atoms with Crippen molar-refractivity contribution in [1.29, 1.82) is 0 Å². The van der Waals surface area contributed by atoms with Crippen molar-refractivity contribution in [2.75, 3.05) is 11.4 Å². The molecule has 0 bridgehead atoms. The Morgan fingerprint density at radius 1 is 1.05 bits per heavy atom. The Morgan fingerprint density at radius 3 is 2.48 bits per heavy atom. The van der Waals surface area contributed by atoms with E-state index in [0.29, 0.717) is 12.0 Å². The van der Waals surface area contributed by atoms with Crippen molar-refractivity contribution in [3.05, 3.63) is 29.8 Å². The van der Waals surface area contributed by atoms with Crippen LogP contribution in [0.15, 0.2) is 24.3 Å². The van der Waals surface area contributed by atoms with Crippen LogP contribution in [0.25, 0.3) is 0 Å². The van der Waals surface area contributed by atoms with Gasteiger partial charge in [0.2, 0.25) is 0 Å². The molecule has 0 saturated heterocycles. The van der Waals surface area contributed by atoms with Crippen molar-refractivity contribution in [2.24, 2.45) is 5.92 Å². The summed E-state index contributed by atoms with van der Waals surface area (Å²) in [4.78, 5) is 2.74. The number of nitrogens with zero attached hydrogens (tertiary/aromatic N) is 1. The number of hydrogen-bond donors (Lipinski definition) is 1. The van der Waals surface area contributed by atoms with E-state index in [4.69, 9.17) is 0 Å². The first-order valence-corrected chi connectivity index (χ1v) is 8.83. The summed E-state index contributed by atoms with van der Waals surface area (Å²) < 4.78 is 0. The van der Waals surface area contributed by atoms with Crippen LogP contribution in [0.4, 0.5) is 5.69 Å². The van der Waals surface area contributed by atoms with Gasteiger partial charge in [-0.2, -0.15) is 0 Å². The van der Waals surface area contributed by atoms with Crippen molar-refractivity contribution < 1.29 is 0 Å². The molecule has 0 amide bonds. The summed E-state index contributed by atoms with van der Waals surface area (Å²) in [6.07, 6.45) is 8.42. The van der Waals surface area contributed by atoms with Gasteiger partial charge in [-0.3, -0.25) is 0 Å². The van der Waals surface area contributed by atoms with E-state index in [9.17, 15) is 0 Å². The van der Waals surface area contributed by atoms with Crippen LogP contribution in [0.2, 0.25) is 0 Å². The number of rotatable bonds is 2. The van der Waals surface area contributed by atoms with Gasteiger partial charge in [-0.25, -0.2) is 0 Å². The zero-order chi connectivity index (χ0) is 14.7. The van der Waals surface area contributed by atoms with E-state index in [-0.39, 0.29) is 0 Å². The topological polar surface area (TPSA) is 15.3 Å². The largest absolute Gasteiger partial charge is 0.367 e. The average molecular weight is 286 g/mol. The summed E-state index contributed by atoms with van der Waals surface area (Å²) in [5, 5.41) is 3.78. The maximum atomic E-state index is 3.78. The zero-order valence-electron chi connectivity index (χ0n) is 13.6. The molecule has 1 fully saturated rings. The van der Waals surface area contributed by atoms with Crippen LogP contribution in [0.5, 0.6) is 0 Å². The van der Waals surface area contributed by atoms with E-state index in [1.54, 1.807) is 0 Å². The van der Waals surface area contributed by atoms with Gasteiger partial charge < -0.3 is 10.2 Å². The second-order valence-corrected chi connectivity index (χ2v) is 7.16. The van der Waals surface area contributed by atoms with Gasteiger partial charge >= 0.3 is 0 Å². The molecule has 1 aliphatic heterocycles. The molecule has 3 rings (SSSR count). The Kier molecular flexibility index (Phi) is 4.84. The van der Waals surface area contributed by atoms with Gasteiger partial charge in [0.25, 0.3) is 0 Å². The fourth-order valence-corrected chi connectivity index (χ4v) is 3.92. The summed E-state index contributed by atoms with van der Waals surface area (Å²) in [6.45, 7) is 6.87. The van der Waals surface area contributed by atoms with Crippen LogP contribution in [-0.2, 0) is 6.54 Å². The Bertz CT molecular complexity index is 447. The molecular weight excluding hydrogens is 256 g/mol. The number of benzene rings is 1. The predicted octanol–water partition coefficient (Wildman–Crippen LogP) is 4.34. The molecular formula is C19H30N2. The first-order chi connectivity index (χ1) is 10.3. The quantitative estimate of drug-likeness (QED) is 0.813. The first-order valence-electron chi connectivity index (χ1n) is 8.83. The number of hydrogen-bond acceptors (Lipinski definition) is 2. The summed E-state index contributed by atoms with van der Waals surface area (Å²) in [7, 11) is 0. The van der Waals surface area contributed by atoms with Crippen LogP contribution in [0.3, 0.4) is 0 Å². The molecule has 1 heterocycles. The summed E-state index contributed by atoms with van der Waals surface area (Å²) >= 11 is 0. The molecule has 21 heavy (non-hydrogen) atoms. The van der Waals surface area contributed by atoms with E-state index in [2.05, 4.69) is 48.3 Å². The normalized spacial score (nSPS) is 24.5. The molecule has 1 N–H and O–H groups in total. The van der Waals surface area contributed by atoms with Gasteiger partial charge in [0.1, 0.15) is 0 Å². The summed E-state index contributed by atoms with van der Waals surface area (Å²) in [6, 6.07) is 10.4. The average Bonchev–Trinajstić information content (AvgIpc) is 2.86. The van der Waals surface area contributed by atoms with Crippen molar-refractivity contribution in [2.45, 2.75) is 71.0 Å². The van der Waals surface area contributed by atoms with Gasteiger partial charge in [0.05, 0.1) is 0 Å². The number of fused-ring (bicyclic) bond motifs is 1. The minimum absolute atomic E-state index is 0.598. The van der Waals surface area contributed by atoms with E-state index in [1.165, 1.54) is 56.3 Å². The lowest BCUT2D eigenvalue weighted by Crippen LogP contribution is -2.45. The second-order valence-electron chi connectivity index (χ2n) is 7.16. The fraction of sp³-hybridized carbons (Fsp3) is 0.684. The van der Waals surface area contributed by atoms with Gasteiger partial charge in [-0.05, 0) is 30.4 Å². The molecule has 0 radical (unpaired) electrons. The van der Waals surface area contributed by atoms with E-state index >= 15 is 0 Å². The molecule has 1 atom stereocenters. The third-order valence-electron chi connectivity index (χ3n) is 5.32. The lowest BCUT2D eigenvalue weighted by Gasteiger charge is -2.36. The third-order valence-corrected chi connectivity index (χ3v) is 5.32. The first kappa shape index (κ1) is 14.9. The summed E-state index contributed by atoms with van der Waals surface area (Å²) in [5.74, 6) is 0.688. The zero-order valence-corrected chi connectivity index (χ0v) is 13.6. The Hall–Kier alpha value is -1.02. The number of nitrogens with one attached hydrogen (secondary N) is 1. The lowest BCUT2D eigenvalue weighted by molar-refractivity contribution is 0.386. The molecule has 1 aromatic carbocycles. The highest BCUT2D eigenvalue weighted by Crippen LogP contribution is 2.31. The summed E-state index contributed by atoms with van der Waals surface area (Å²) in [5.41, 5.74) is 2.96. The van der Waals surface area contributed by atoms with Crippen molar-refractivity contribution >= 4 is 5.69 Å². The highest BCUT2D eigenvalue weighted by molar-refractivity contribution is 5.55. The highest BCUT2D eigenvalue weighted by Gasteiger charge is 2.28. The number of anilines is 1. The minimum atomic E-state index is 0.598. The predicted molar refractivity (Wildman–Crippen MR) is 90.7 cm³/mol. The van der Waals surface area contributed by atoms with Crippen molar-refractivity contribution in [3.63, 3.8) is 0 Å². The molecule has 2 heteroatoms. The Labute approximate surface area is 129 Å². The molecule has 116 valence electrons. The van der Waals surface area contributed by atoms with Crippen LogP contribution in [0, 0.1) is 5.92 Å². The van der Waals surface area contributed by atoms with Crippen LogP contribution < -0.4 is 10.2 Å². The van der Waals surface area contributed by atoms with Gasteiger partial charge in [-0.1, -0.05) is 57.7 Å². The minimum Gasteiger partial charge on any atom is -0.367 e. The highest BCUT2D eigenvalue weighted by atomic mass is 15.2. The SMILES string of the molecule is CC(C)C1CN(C2CCCCCC2)c2ccccc2CN1. The van der Waals surface area contributed by atoms with E-state index in [1.807, 2.05) is 0 Å². The lowest BCUT2D eigenvalue weighted by atomic mass is 10.0. The molecule has 1 unspecified atom stereocenters.